The Hall–Kier alpha value is 0.259. The maximum atomic E-state index is 6.48. The van der Waals surface area contributed by atoms with Gasteiger partial charge in [0.05, 0.1) is 12.7 Å². The number of hydrogen-bond donors (Lipinski definition) is 0. The summed E-state index contributed by atoms with van der Waals surface area (Å²) in [5.41, 5.74) is 0. The molecular weight excluding hydrogens is 331 g/mol. The molecule has 0 saturated carbocycles. The molecule has 0 aromatic heterocycles. The summed E-state index contributed by atoms with van der Waals surface area (Å²) in [5, 5.41) is 0. The highest BCUT2D eigenvalue weighted by atomic mass is 28.4. The van der Waals surface area contributed by atoms with Crippen LogP contribution in [0.5, 0.6) is 0 Å². The first-order valence-corrected chi connectivity index (χ1v) is 15.1. The average Bonchev–Trinajstić information content (AvgIpc) is 2.38. The summed E-state index contributed by atoms with van der Waals surface area (Å²) in [4.78, 5) is 0. The number of rotatable bonds is 5. The maximum absolute atomic E-state index is 6.48. The van der Waals surface area contributed by atoms with Crippen LogP contribution in [0.4, 0.5) is 0 Å². The van der Waals surface area contributed by atoms with Crippen LogP contribution in [0.2, 0.25) is 46.1 Å². The standard InChI is InChI=1S/C14H31BO6Si2/c1-15-17-9-10-11(19-15)12(20-22(3,4)5)13(14(16-2)18-10)21-23(6,7)8/h10-14H,9H2,1-8H3/t10-,11-,12+,13-,14-/m1/s1. The quantitative estimate of drug-likeness (QED) is 0.700. The first-order chi connectivity index (χ1) is 10.5. The molecule has 0 amide bonds. The lowest BCUT2D eigenvalue weighted by Crippen LogP contribution is -2.67. The molecule has 23 heavy (non-hydrogen) atoms. The van der Waals surface area contributed by atoms with Gasteiger partial charge in [0.1, 0.15) is 18.3 Å². The Morgan fingerprint density at radius 2 is 1.52 bits per heavy atom. The van der Waals surface area contributed by atoms with Crippen molar-refractivity contribution in [2.45, 2.75) is 76.8 Å². The Balaban J connectivity index is 2.29. The molecule has 2 rings (SSSR count). The number of ether oxygens (including phenoxy) is 2. The van der Waals surface area contributed by atoms with Crippen molar-refractivity contribution in [3.63, 3.8) is 0 Å². The van der Waals surface area contributed by atoms with Gasteiger partial charge in [0, 0.05) is 7.11 Å². The van der Waals surface area contributed by atoms with Gasteiger partial charge in [-0.15, -0.1) is 0 Å². The van der Waals surface area contributed by atoms with Gasteiger partial charge in [-0.2, -0.15) is 0 Å². The molecule has 0 radical (unpaired) electrons. The molecular formula is C14H31BO6Si2. The molecule has 0 aliphatic carbocycles. The Kier molecular flexibility index (Phi) is 6.17. The maximum Gasteiger partial charge on any atom is 0.453 e. The van der Waals surface area contributed by atoms with Crippen molar-refractivity contribution in [2.24, 2.45) is 0 Å². The van der Waals surface area contributed by atoms with Gasteiger partial charge >= 0.3 is 7.12 Å². The highest BCUT2D eigenvalue weighted by Crippen LogP contribution is 2.34. The molecule has 2 aliphatic heterocycles. The molecule has 0 N–H and O–H groups in total. The van der Waals surface area contributed by atoms with E-state index in [-0.39, 0.29) is 31.5 Å². The van der Waals surface area contributed by atoms with Gasteiger partial charge in [0.15, 0.2) is 22.9 Å². The average molecular weight is 362 g/mol. The summed E-state index contributed by atoms with van der Waals surface area (Å²) >= 11 is 0. The summed E-state index contributed by atoms with van der Waals surface area (Å²) in [7, 11) is -2.23. The largest absolute Gasteiger partial charge is 0.453 e. The molecule has 0 aromatic rings. The molecule has 0 aromatic carbocycles. The van der Waals surface area contributed by atoms with Crippen LogP contribution < -0.4 is 0 Å². The molecule has 0 bridgehead atoms. The van der Waals surface area contributed by atoms with Gasteiger partial charge in [-0.25, -0.2) is 0 Å². The lowest BCUT2D eigenvalue weighted by Gasteiger charge is -2.51. The molecule has 0 spiro atoms. The van der Waals surface area contributed by atoms with E-state index in [1.807, 2.05) is 6.82 Å². The minimum absolute atomic E-state index is 0.195. The van der Waals surface area contributed by atoms with Crippen LogP contribution in [-0.2, 0) is 27.6 Å². The molecule has 2 fully saturated rings. The van der Waals surface area contributed by atoms with Crippen LogP contribution >= 0.6 is 0 Å². The van der Waals surface area contributed by atoms with Crippen molar-refractivity contribution in [1.82, 2.24) is 0 Å². The highest BCUT2D eigenvalue weighted by molar-refractivity contribution is 6.70. The van der Waals surface area contributed by atoms with Crippen LogP contribution in [0.1, 0.15) is 0 Å². The van der Waals surface area contributed by atoms with Crippen molar-refractivity contribution in [3.8, 4) is 0 Å². The Morgan fingerprint density at radius 1 is 0.957 bits per heavy atom. The fourth-order valence-corrected chi connectivity index (χ4v) is 5.08. The van der Waals surface area contributed by atoms with Crippen LogP contribution in [0.25, 0.3) is 0 Å². The van der Waals surface area contributed by atoms with Gasteiger partial charge in [-0.1, -0.05) is 0 Å². The van der Waals surface area contributed by atoms with Gasteiger partial charge in [-0.3, -0.25) is 0 Å². The zero-order valence-corrected chi connectivity index (χ0v) is 17.6. The van der Waals surface area contributed by atoms with Crippen LogP contribution in [0.15, 0.2) is 0 Å². The van der Waals surface area contributed by atoms with E-state index in [1.165, 1.54) is 0 Å². The number of hydrogen-bond acceptors (Lipinski definition) is 6. The first kappa shape index (κ1) is 19.6. The first-order valence-electron chi connectivity index (χ1n) is 8.31. The Morgan fingerprint density at radius 3 is 2.04 bits per heavy atom. The van der Waals surface area contributed by atoms with Gasteiger partial charge < -0.3 is 27.6 Å². The summed E-state index contributed by atoms with van der Waals surface area (Å²) in [6, 6.07) is 0. The van der Waals surface area contributed by atoms with Gasteiger partial charge in [0.2, 0.25) is 0 Å². The topological polar surface area (TPSA) is 55.4 Å². The van der Waals surface area contributed by atoms with Crippen molar-refractivity contribution >= 4 is 23.8 Å². The van der Waals surface area contributed by atoms with E-state index in [4.69, 9.17) is 27.6 Å². The van der Waals surface area contributed by atoms with Crippen LogP contribution in [0, 0.1) is 0 Å². The zero-order valence-electron chi connectivity index (χ0n) is 15.6. The fraction of sp³-hybridized carbons (Fsp3) is 1.00. The van der Waals surface area contributed by atoms with E-state index in [9.17, 15) is 0 Å². The van der Waals surface area contributed by atoms with E-state index >= 15 is 0 Å². The molecule has 134 valence electrons. The smallest absolute Gasteiger partial charge is 0.409 e. The monoisotopic (exact) mass is 362 g/mol. The lowest BCUT2D eigenvalue weighted by molar-refractivity contribution is -0.292. The predicted molar refractivity (Wildman–Crippen MR) is 94.6 cm³/mol. The molecule has 2 heterocycles. The summed E-state index contributed by atoms with van der Waals surface area (Å²) in [6.45, 7) is 15.4. The molecule has 2 aliphatic rings. The van der Waals surface area contributed by atoms with Crippen molar-refractivity contribution < 1.29 is 27.6 Å². The fourth-order valence-electron chi connectivity index (χ4n) is 2.93. The Bertz CT molecular complexity index is 400. The molecule has 9 heteroatoms. The molecule has 6 nitrogen and oxygen atoms in total. The number of fused-ring (bicyclic) bond motifs is 1. The third-order valence-electron chi connectivity index (χ3n) is 3.65. The second-order valence-corrected chi connectivity index (χ2v) is 17.1. The number of methoxy groups -OCH3 is 1. The van der Waals surface area contributed by atoms with E-state index in [2.05, 4.69) is 39.3 Å². The highest BCUT2D eigenvalue weighted by Gasteiger charge is 2.52. The minimum Gasteiger partial charge on any atom is -0.409 e. The lowest BCUT2D eigenvalue weighted by atomic mass is 9.88. The predicted octanol–water partition coefficient (Wildman–Crippen LogP) is 2.33. The summed E-state index contributed by atoms with van der Waals surface area (Å²) < 4.78 is 36.1. The van der Waals surface area contributed by atoms with Crippen LogP contribution in [0.3, 0.4) is 0 Å². The van der Waals surface area contributed by atoms with Crippen molar-refractivity contribution in [1.29, 1.82) is 0 Å². The third kappa shape index (κ3) is 5.37. The van der Waals surface area contributed by atoms with E-state index in [0.29, 0.717) is 6.61 Å². The normalized spacial score (nSPS) is 36.0. The Labute approximate surface area is 142 Å². The third-order valence-corrected chi connectivity index (χ3v) is 5.61. The van der Waals surface area contributed by atoms with Crippen molar-refractivity contribution in [3.05, 3.63) is 0 Å². The molecule has 0 unspecified atom stereocenters. The van der Waals surface area contributed by atoms with Gasteiger partial charge in [-0.05, 0) is 46.1 Å². The SMILES string of the molecule is CO[C@@H]1O[C@@H]2COB(C)O[C@H]2[C@H](O[Si](C)(C)C)[C@H]1O[Si](C)(C)C. The molecule has 2 saturated heterocycles. The zero-order chi connectivity index (χ0) is 17.4. The van der Waals surface area contributed by atoms with E-state index < -0.39 is 22.9 Å². The van der Waals surface area contributed by atoms with Crippen LogP contribution in [-0.4, -0.2) is 68.2 Å². The summed E-state index contributed by atoms with van der Waals surface area (Å²) in [6.07, 6.45) is -1.35. The second-order valence-electron chi connectivity index (χ2n) is 8.17. The van der Waals surface area contributed by atoms with E-state index in [0.717, 1.165) is 0 Å². The van der Waals surface area contributed by atoms with E-state index in [1.54, 1.807) is 7.11 Å². The second kappa shape index (κ2) is 7.25. The summed E-state index contributed by atoms with van der Waals surface area (Å²) in [5.74, 6) is 0. The minimum atomic E-state index is -1.80. The molecule has 5 atom stereocenters. The van der Waals surface area contributed by atoms with Gasteiger partial charge in [0.25, 0.3) is 0 Å². The van der Waals surface area contributed by atoms with Crippen molar-refractivity contribution in [2.75, 3.05) is 13.7 Å².